The van der Waals surface area contributed by atoms with E-state index in [9.17, 15) is 14.4 Å². The monoisotopic (exact) mass is 560 g/mol. The van der Waals surface area contributed by atoms with Crippen molar-refractivity contribution >= 4 is 29.1 Å². The van der Waals surface area contributed by atoms with E-state index in [1.54, 1.807) is 4.57 Å². The molecule has 2 aromatic rings. The molecule has 224 valence electrons. The molecule has 2 atom stereocenters. The molecule has 0 spiro atoms. The SMILES string of the molecule is CCCCC=CCCCCCCCC(=O)OCC[C@@H](COC(=O)[C@@H](N)C(C)C)Cn1cnc2c(=O)[nH]c(N)nc21. The molecule has 0 unspecified atom stereocenters. The number of aromatic amines is 1. The minimum Gasteiger partial charge on any atom is -0.466 e. The van der Waals surface area contributed by atoms with Crippen LogP contribution in [0.2, 0.25) is 0 Å². The van der Waals surface area contributed by atoms with Crippen LogP contribution in [0.4, 0.5) is 5.95 Å². The van der Waals surface area contributed by atoms with Gasteiger partial charge in [0.2, 0.25) is 5.95 Å². The summed E-state index contributed by atoms with van der Waals surface area (Å²) in [5.41, 5.74) is 11.7. The Labute approximate surface area is 237 Å². The largest absolute Gasteiger partial charge is 0.466 e. The fourth-order valence-corrected chi connectivity index (χ4v) is 4.21. The highest BCUT2D eigenvalue weighted by molar-refractivity contribution is 5.75. The molecule has 0 aliphatic carbocycles. The fourth-order valence-electron chi connectivity index (χ4n) is 4.21. The van der Waals surface area contributed by atoms with Crippen LogP contribution in [-0.4, -0.2) is 50.7 Å². The summed E-state index contributed by atoms with van der Waals surface area (Å²) in [5.74, 6) is -1.02. The number of carbonyl (C=O) groups excluding carboxylic acids is 2. The van der Waals surface area contributed by atoms with Crippen LogP contribution in [0.3, 0.4) is 0 Å². The van der Waals surface area contributed by atoms with Crippen molar-refractivity contribution in [2.45, 2.75) is 104 Å². The molecule has 0 aromatic carbocycles. The number of hydrogen-bond donors (Lipinski definition) is 3. The lowest BCUT2D eigenvalue weighted by atomic mass is 10.1. The maximum atomic E-state index is 12.3. The van der Waals surface area contributed by atoms with Crippen molar-refractivity contribution in [3.63, 3.8) is 0 Å². The van der Waals surface area contributed by atoms with Gasteiger partial charge >= 0.3 is 11.9 Å². The van der Waals surface area contributed by atoms with Gasteiger partial charge in [0.05, 0.1) is 19.5 Å². The third-order valence-corrected chi connectivity index (χ3v) is 6.83. The van der Waals surface area contributed by atoms with Crippen molar-refractivity contribution in [2.75, 3.05) is 18.9 Å². The number of unbranched alkanes of at least 4 members (excludes halogenated alkanes) is 7. The van der Waals surface area contributed by atoms with Gasteiger partial charge in [-0.2, -0.15) is 4.98 Å². The Morgan fingerprint density at radius 2 is 1.77 bits per heavy atom. The Morgan fingerprint density at radius 3 is 2.50 bits per heavy atom. The van der Waals surface area contributed by atoms with E-state index < -0.39 is 17.6 Å². The zero-order chi connectivity index (χ0) is 29.3. The lowest BCUT2D eigenvalue weighted by Crippen LogP contribution is -2.38. The van der Waals surface area contributed by atoms with E-state index in [1.165, 1.54) is 38.4 Å². The Balaban J connectivity index is 1.79. The third-order valence-electron chi connectivity index (χ3n) is 6.83. The molecule has 0 aliphatic rings. The molecule has 0 aliphatic heterocycles. The summed E-state index contributed by atoms with van der Waals surface area (Å²) in [6, 6.07) is -0.727. The Bertz CT molecular complexity index is 1130. The first-order valence-electron chi connectivity index (χ1n) is 14.7. The molecular weight excluding hydrogens is 512 g/mol. The zero-order valence-corrected chi connectivity index (χ0v) is 24.4. The van der Waals surface area contributed by atoms with Gasteiger partial charge in [0.25, 0.3) is 5.56 Å². The van der Waals surface area contributed by atoms with Crippen LogP contribution in [0, 0.1) is 11.8 Å². The minimum absolute atomic E-state index is 0.0155. The smallest absolute Gasteiger partial charge is 0.323 e. The van der Waals surface area contributed by atoms with Crippen LogP contribution in [0.25, 0.3) is 11.2 Å². The van der Waals surface area contributed by atoms with Crippen molar-refractivity contribution in [1.29, 1.82) is 0 Å². The second-order valence-electron chi connectivity index (χ2n) is 10.7. The molecule has 0 amide bonds. The summed E-state index contributed by atoms with van der Waals surface area (Å²) in [6.45, 7) is 6.49. The second kappa shape index (κ2) is 18.2. The zero-order valence-electron chi connectivity index (χ0n) is 24.4. The maximum absolute atomic E-state index is 12.3. The average Bonchev–Trinajstić information content (AvgIpc) is 3.32. The average molecular weight is 561 g/mol. The molecule has 0 fully saturated rings. The van der Waals surface area contributed by atoms with Gasteiger partial charge in [-0.3, -0.25) is 19.4 Å². The summed E-state index contributed by atoms with van der Waals surface area (Å²) in [4.78, 5) is 47.5. The van der Waals surface area contributed by atoms with Crippen LogP contribution >= 0.6 is 0 Å². The summed E-state index contributed by atoms with van der Waals surface area (Å²) >= 11 is 0. The number of anilines is 1. The normalized spacial score (nSPS) is 13.2. The van der Waals surface area contributed by atoms with Gasteiger partial charge in [0.1, 0.15) is 6.04 Å². The number of nitrogens with zero attached hydrogens (tertiary/aromatic N) is 3. The molecule has 40 heavy (non-hydrogen) atoms. The van der Waals surface area contributed by atoms with Crippen LogP contribution < -0.4 is 17.0 Å². The van der Waals surface area contributed by atoms with E-state index in [0.29, 0.717) is 25.0 Å². The molecule has 2 aromatic heterocycles. The number of carbonyl (C=O) groups is 2. The molecule has 0 saturated heterocycles. The van der Waals surface area contributed by atoms with Crippen LogP contribution in [-0.2, 0) is 25.6 Å². The van der Waals surface area contributed by atoms with Crippen LogP contribution in [0.15, 0.2) is 23.3 Å². The first-order valence-corrected chi connectivity index (χ1v) is 14.7. The number of imidazole rings is 1. The quantitative estimate of drug-likeness (QED) is 0.122. The van der Waals surface area contributed by atoms with Gasteiger partial charge in [-0.25, -0.2) is 4.98 Å². The van der Waals surface area contributed by atoms with Crippen molar-refractivity contribution in [3.8, 4) is 0 Å². The number of ether oxygens (including phenoxy) is 2. The Hall–Kier alpha value is -3.21. The molecule has 0 bridgehead atoms. The number of nitrogens with one attached hydrogen (secondary N) is 1. The van der Waals surface area contributed by atoms with Gasteiger partial charge < -0.3 is 25.5 Å². The van der Waals surface area contributed by atoms with Gasteiger partial charge in [0.15, 0.2) is 11.2 Å². The number of aromatic nitrogens is 4. The van der Waals surface area contributed by atoms with Crippen LogP contribution in [0.5, 0.6) is 0 Å². The van der Waals surface area contributed by atoms with Gasteiger partial charge in [-0.05, 0) is 38.0 Å². The van der Waals surface area contributed by atoms with E-state index in [4.69, 9.17) is 20.9 Å². The molecule has 5 N–H and O–H groups in total. The standard InChI is InChI=1S/C29H48N6O5/c1-4-5-6-7-8-9-10-11-12-13-14-15-23(36)39-17-16-22(19-40-28(38)24(30)21(2)3)18-35-20-32-25-26(35)33-29(31)34-27(25)37/h7-8,20-22,24H,4-6,9-19,30H2,1-3H3,(H3,31,33,34,37)/t22-,24+/m1/s1. The van der Waals surface area contributed by atoms with Gasteiger partial charge in [0, 0.05) is 18.9 Å². The number of fused-ring (bicyclic) bond motifs is 1. The van der Waals surface area contributed by atoms with Crippen LogP contribution in [0.1, 0.15) is 91.4 Å². The fraction of sp³-hybridized carbons (Fsp3) is 0.690. The Kier molecular flexibility index (Phi) is 15.0. The first kappa shape index (κ1) is 33.0. The van der Waals surface area contributed by atoms with E-state index in [-0.39, 0.29) is 42.5 Å². The minimum atomic E-state index is -0.727. The van der Waals surface area contributed by atoms with Gasteiger partial charge in [-0.15, -0.1) is 0 Å². The summed E-state index contributed by atoms with van der Waals surface area (Å²) in [7, 11) is 0. The van der Waals surface area contributed by atoms with Crippen molar-refractivity contribution in [2.24, 2.45) is 17.6 Å². The van der Waals surface area contributed by atoms with Crippen molar-refractivity contribution in [3.05, 3.63) is 28.8 Å². The lowest BCUT2D eigenvalue weighted by molar-refractivity contribution is -0.149. The molecule has 2 rings (SSSR count). The van der Waals surface area contributed by atoms with E-state index in [1.807, 2.05) is 13.8 Å². The molecule has 0 radical (unpaired) electrons. The summed E-state index contributed by atoms with van der Waals surface area (Å²) in [6.07, 6.45) is 16.9. The number of rotatable bonds is 20. The number of nitrogens with two attached hydrogens (primary N) is 2. The van der Waals surface area contributed by atoms with Crippen molar-refractivity contribution < 1.29 is 19.1 Å². The molecule has 0 saturated carbocycles. The molecule has 11 heteroatoms. The summed E-state index contributed by atoms with van der Waals surface area (Å²) < 4.78 is 12.6. The Morgan fingerprint density at radius 1 is 1.07 bits per heavy atom. The van der Waals surface area contributed by atoms with E-state index in [2.05, 4.69) is 34.0 Å². The van der Waals surface area contributed by atoms with Crippen molar-refractivity contribution in [1.82, 2.24) is 19.5 Å². The lowest BCUT2D eigenvalue weighted by Gasteiger charge is -2.20. The maximum Gasteiger partial charge on any atom is 0.323 e. The summed E-state index contributed by atoms with van der Waals surface area (Å²) in [5, 5.41) is 0. The molecule has 2 heterocycles. The van der Waals surface area contributed by atoms with E-state index in [0.717, 1.165) is 25.7 Å². The first-order chi connectivity index (χ1) is 19.2. The number of H-pyrrole nitrogens is 1. The molecular formula is C29H48N6O5. The predicted octanol–water partition coefficient (Wildman–Crippen LogP) is 4.25. The van der Waals surface area contributed by atoms with Gasteiger partial charge in [-0.1, -0.05) is 65.0 Å². The van der Waals surface area contributed by atoms with E-state index >= 15 is 0 Å². The topological polar surface area (TPSA) is 168 Å². The highest BCUT2D eigenvalue weighted by Gasteiger charge is 2.22. The predicted molar refractivity (Wildman–Crippen MR) is 156 cm³/mol. The molecule has 11 nitrogen and oxygen atoms in total. The number of nitrogen functional groups attached to an aromatic ring is 1. The highest BCUT2D eigenvalue weighted by Crippen LogP contribution is 2.15. The second-order valence-corrected chi connectivity index (χ2v) is 10.7. The number of allylic oxidation sites excluding steroid dienone is 2. The number of esters is 2. The highest BCUT2D eigenvalue weighted by atomic mass is 16.5. The number of hydrogen-bond acceptors (Lipinski definition) is 9. The third kappa shape index (κ3) is 11.9.